The number of hydrogen-bond donors (Lipinski definition) is 1. The SMILES string of the molecule is O=C(NCc1cccc(Cl)c1)c1cc2n(n1)CCCN(Cc1ccc(Cl)cc1)C2=O. The standard InChI is InChI=1S/C22H20Cl2N4O2/c23-17-7-5-15(6-8-17)14-27-9-2-10-28-20(22(27)30)12-19(26-28)21(29)25-13-16-3-1-4-18(24)11-16/h1,3-8,11-12H,2,9-10,13-14H2,(H,25,29). The number of hydrogen-bond acceptors (Lipinski definition) is 3. The molecule has 0 spiro atoms. The molecule has 0 fully saturated rings. The van der Waals surface area contributed by atoms with E-state index in [0.29, 0.717) is 41.9 Å². The van der Waals surface area contributed by atoms with Gasteiger partial charge in [0.15, 0.2) is 5.69 Å². The molecule has 0 saturated carbocycles. The highest BCUT2D eigenvalue weighted by Crippen LogP contribution is 2.18. The number of aromatic nitrogens is 2. The maximum atomic E-state index is 13.1. The zero-order valence-electron chi connectivity index (χ0n) is 16.1. The quantitative estimate of drug-likeness (QED) is 0.644. The number of carbonyl (C=O) groups excluding carboxylic acids is 2. The number of carbonyl (C=O) groups is 2. The summed E-state index contributed by atoms with van der Waals surface area (Å²) in [6.07, 6.45) is 0.761. The molecule has 0 unspecified atom stereocenters. The molecule has 2 heterocycles. The molecule has 8 heteroatoms. The predicted octanol–water partition coefficient (Wildman–Crippen LogP) is 4.17. The molecular formula is C22H20Cl2N4O2. The number of aryl methyl sites for hydroxylation is 1. The van der Waals surface area contributed by atoms with Gasteiger partial charge in [0, 0.05) is 42.3 Å². The molecular weight excluding hydrogens is 423 g/mol. The first-order chi connectivity index (χ1) is 14.5. The van der Waals surface area contributed by atoms with Crippen LogP contribution < -0.4 is 5.32 Å². The smallest absolute Gasteiger partial charge is 0.272 e. The van der Waals surface area contributed by atoms with Crippen LogP contribution in [0.1, 0.15) is 38.5 Å². The number of nitrogens with zero attached hydrogens (tertiary/aromatic N) is 3. The van der Waals surface area contributed by atoms with Crippen LogP contribution in [0.15, 0.2) is 54.6 Å². The van der Waals surface area contributed by atoms with Crippen molar-refractivity contribution in [1.29, 1.82) is 0 Å². The molecule has 2 aromatic carbocycles. The third kappa shape index (κ3) is 4.66. The Morgan fingerprint density at radius 2 is 1.80 bits per heavy atom. The Morgan fingerprint density at radius 1 is 1.00 bits per heavy atom. The Hall–Kier alpha value is -2.83. The summed E-state index contributed by atoms with van der Waals surface area (Å²) in [5, 5.41) is 8.46. The zero-order chi connectivity index (χ0) is 21.1. The van der Waals surface area contributed by atoms with Crippen molar-refractivity contribution in [2.24, 2.45) is 0 Å². The lowest BCUT2D eigenvalue weighted by atomic mass is 10.2. The number of benzene rings is 2. The van der Waals surface area contributed by atoms with Crippen LogP contribution in [0.4, 0.5) is 0 Å². The molecule has 4 rings (SSSR count). The highest BCUT2D eigenvalue weighted by Gasteiger charge is 2.26. The molecule has 1 aliphatic heterocycles. The number of rotatable bonds is 5. The summed E-state index contributed by atoms with van der Waals surface area (Å²) in [5.41, 5.74) is 2.55. The molecule has 0 radical (unpaired) electrons. The molecule has 6 nitrogen and oxygen atoms in total. The minimum atomic E-state index is -0.326. The Labute approximate surface area is 184 Å². The second-order valence-electron chi connectivity index (χ2n) is 7.16. The van der Waals surface area contributed by atoms with Crippen molar-refractivity contribution >= 4 is 35.0 Å². The molecule has 1 aliphatic rings. The van der Waals surface area contributed by atoms with Gasteiger partial charge in [-0.25, -0.2) is 0 Å². The van der Waals surface area contributed by atoms with Gasteiger partial charge in [-0.3, -0.25) is 14.3 Å². The van der Waals surface area contributed by atoms with Crippen molar-refractivity contribution in [3.8, 4) is 0 Å². The molecule has 30 heavy (non-hydrogen) atoms. The second-order valence-corrected chi connectivity index (χ2v) is 8.03. The lowest BCUT2D eigenvalue weighted by Gasteiger charge is -2.20. The average molecular weight is 443 g/mol. The van der Waals surface area contributed by atoms with Gasteiger partial charge >= 0.3 is 0 Å². The van der Waals surface area contributed by atoms with E-state index in [0.717, 1.165) is 17.5 Å². The Bertz CT molecular complexity index is 1080. The van der Waals surface area contributed by atoms with Gasteiger partial charge in [0.1, 0.15) is 5.69 Å². The lowest BCUT2D eigenvalue weighted by Crippen LogP contribution is -2.30. The molecule has 0 saturated heterocycles. The average Bonchev–Trinajstić information content (AvgIpc) is 3.11. The topological polar surface area (TPSA) is 67.2 Å². The maximum absolute atomic E-state index is 13.1. The Kier molecular flexibility index (Phi) is 6.06. The highest BCUT2D eigenvalue weighted by molar-refractivity contribution is 6.30. The van der Waals surface area contributed by atoms with Crippen LogP contribution in [-0.4, -0.2) is 33.0 Å². The van der Waals surface area contributed by atoms with E-state index in [1.54, 1.807) is 27.8 Å². The fraction of sp³-hybridized carbons (Fsp3) is 0.227. The molecule has 3 aromatic rings. The number of fused-ring (bicyclic) bond motifs is 1. The minimum Gasteiger partial charge on any atom is -0.347 e. The highest BCUT2D eigenvalue weighted by atomic mass is 35.5. The summed E-state index contributed by atoms with van der Waals surface area (Å²) in [6, 6.07) is 16.3. The zero-order valence-corrected chi connectivity index (χ0v) is 17.7. The first-order valence-electron chi connectivity index (χ1n) is 9.64. The Balaban J connectivity index is 1.46. The molecule has 2 amide bonds. The van der Waals surface area contributed by atoms with Crippen molar-refractivity contribution in [1.82, 2.24) is 20.0 Å². The van der Waals surface area contributed by atoms with Crippen molar-refractivity contribution in [3.63, 3.8) is 0 Å². The van der Waals surface area contributed by atoms with E-state index in [9.17, 15) is 9.59 Å². The molecule has 0 bridgehead atoms. The van der Waals surface area contributed by atoms with Gasteiger partial charge in [0.25, 0.3) is 11.8 Å². The van der Waals surface area contributed by atoms with Gasteiger partial charge in [0.2, 0.25) is 0 Å². The molecule has 0 aliphatic carbocycles. The summed E-state index contributed by atoms with van der Waals surface area (Å²) in [4.78, 5) is 27.4. The fourth-order valence-electron chi connectivity index (χ4n) is 3.43. The van der Waals surface area contributed by atoms with E-state index in [1.807, 2.05) is 36.4 Å². The van der Waals surface area contributed by atoms with Crippen LogP contribution in [0.5, 0.6) is 0 Å². The summed E-state index contributed by atoms with van der Waals surface area (Å²) in [5.74, 6) is -0.462. The first-order valence-corrected chi connectivity index (χ1v) is 10.4. The largest absolute Gasteiger partial charge is 0.347 e. The maximum Gasteiger partial charge on any atom is 0.272 e. The van der Waals surface area contributed by atoms with Gasteiger partial charge in [-0.15, -0.1) is 0 Å². The van der Waals surface area contributed by atoms with Crippen LogP contribution in [-0.2, 0) is 19.6 Å². The van der Waals surface area contributed by atoms with E-state index in [2.05, 4.69) is 10.4 Å². The number of halogens is 2. The third-order valence-corrected chi connectivity index (χ3v) is 5.43. The normalized spacial score (nSPS) is 13.7. The van der Waals surface area contributed by atoms with Crippen LogP contribution >= 0.6 is 23.2 Å². The van der Waals surface area contributed by atoms with Crippen LogP contribution in [0.25, 0.3) is 0 Å². The first kappa shape index (κ1) is 20.4. The van der Waals surface area contributed by atoms with E-state index < -0.39 is 0 Å². The van der Waals surface area contributed by atoms with Crippen LogP contribution in [0.3, 0.4) is 0 Å². The molecule has 0 atom stereocenters. The van der Waals surface area contributed by atoms with Crippen molar-refractivity contribution in [2.75, 3.05) is 6.54 Å². The number of amides is 2. The molecule has 154 valence electrons. The van der Waals surface area contributed by atoms with Gasteiger partial charge in [-0.05, 0) is 41.8 Å². The predicted molar refractivity (Wildman–Crippen MR) is 116 cm³/mol. The van der Waals surface area contributed by atoms with Crippen molar-refractivity contribution in [2.45, 2.75) is 26.1 Å². The third-order valence-electron chi connectivity index (χ3n) is 4.95. The molecule has 1 N–H and O–H groups in total. The molecule has 1 aromatic heterocycles. The van der Waals surface area contributed by atoms with Gasteiger partial charge in [-0.1, -0.05) is 47.5 Å². The van der Waals surface area contributed by atoms with Gasteiger partial charge < -0.3 is 10.2 Å². The van der Waals surface area contributed by atoms with Crippen molar-refractivity contribution in [3.05, 3.63) is 87.2 Å². The van der Waals surface area contributed by atoms with E-state index in [1.165, 1.54) is 0 Å². The van der Waals surface area contributed by atoms with E-state index in [4.69, 9.17) is 23.2 Å². The monoisotopic (exact) mass is 442 g/mol. The fourth-order valence-corrected chi connectivity index (χ4v) is 3.76. The van der Waals surface area contributed by atoms with Crippen molar-refractivity contribution < 1.29 is 9.59 Å². The summed E-state index contributed by atoms with van der Waals surface area (Å²) in [7, 11) is 0. The lowest BCUT2D eigenvalue weighted by molar-refractivity contribution is 0.0745. The second kappa shape index (κ2) is 8.90. The van der Waals surface area contributed by atoms with Crippen LogP contribution in [0.2, 0.25) is 10.0 Å². The van der Waals surface area contributed by atoms with E-state index in [-0.39, 0.29) is 17.5 Å². The number of nitrogens with one attached hydrogen (secondary N) is 1. The van der Waals surface area contributed by atoms with Crippen LogP contribution in [0, 0.1) is 0 Å². The van der Waals surface area contributed by atoms with E-state index >= 15 is 0 Å². The summed E-state index contributed by atoms with van der Waals surface area (Å²) >= 11 is 11.9. The van der Waals surface area contributed by atoms with Gasteiger partial charge in [-0.2, -0.15) is 5.10 Å². The van der Waals surface area contributed by atoms with Gasteiger partial charge in [0.05, 0.1) is 0 Å². The Morgan fingerprint density at radius 3 is 2.57 bits per heavy atom. The summed E-state index contributed by atoms with van der Waals surface area (Å²) in [6.45, 7) is 2.02. The summed E-state index contributed by atoms with van der Waals surface area (Å²) < 4.78 is 1.62. The minimum absolute atomic E-state index is 0.135.